The van der Waals surface area contributed by atoms with E-state index in [1.165, 1.54) is 6.42 Å². The van der Waals surface area contributed by atoms with Crippen molar-refractivity contribution in [2.75, 3.05) is 17.7 Å². The van der Waals surface area contributed by atoms with Gasteiger partial charge in [0.25, 0.3) is 5.95 Å². The van der Waals surface area contributed by atoms with Crippen LogP contribution in [0, 0.1) is 0 Å². The molecule has 100 valence electrons. The molecule has 0 unspecified atom stereocenters. The maximum absolute atomic E-state index is 4.42. The minimum absolute atomic E-state index is 0.105. The SMILES string of the molecule is CNc1nc(NC2(C)CCC2)nc(-n2cccn2)n1. The molecule has 2 heterocycles. The van der Waals surface area contributed by atoms with Crippen LogP contribution in [-0.4, -0.2) is 37.3 Å². The number of hydrogen-bond donors (Lipinski definition) is 2. The Morgan fingerprint density at radius 3 is 2.58 bits per heavy atom. The molecule has 0 bridgehead atoms. The van der Waals surface area contributed by atoms with Crippen molar-refractivity contribution < 1.29 is 0 Å². The Bertz CT molecular complexity index is 559. The molecule has 0 aromatic carbocycles. The van der Waals surface area contributed by atoms with E-state index in [2.05, 4.69) is 37.6 Å². The molecule has 0 atom stereocenters. The van der Waals surface area contributed by atoms with Gasteiger partial charge in [0, 0.05) is 25.0 Å². The number of nitrogens with zero attached hydrogens (tertiary/aromatic N) is 5. The van der Waals surface area contributed by atoms with Crippen LogP contribution in [0.25, 0.3) is 5.95 Å². The smallest absolute Gasteiger partial charge is 0.257 e. The molecule has 19 heavy (non-hydrogen) atoms. The third-order valence-corrected chi connectivity index (χ3v) is 3.43. The van der Waals surface area contributed by atoms with Crippen molar-refractivity contribution in [3.05, 3.63) is 18.5 Å². The lowest BCUT2D eigenvalue weighted by Gasteiger charge is -2.39. The van der Waals surface area contributed by atoms with E-state index < -0.39 is 0 Å². The molecule has 0 saturated heterocycles. The van der Waals surface area contributed by atoms with Crippen LogP contribution < -0.4 is 10.6 Å². The zero-order valence-corrected chi connectivity index (χ0v) is 11.1. The predicted octanol–water partition coefficient (Wildman–Crippen LogP) is 1.45. The molecule has 2 aromatic heterocycles. The molecule has 0 amide bonds. The predicted molar refractivity (Wildman–Crippen MR) is 72.4 cm³/mol. The standard InChI is InChI=1S/C12H17N7/c1-12(5-3-6-12)18-10-15-9(13-2)16-11(17-10)19-8-4-7-14-19/h4,7-8H,3,5-6H2,1-2H3,(H2,13,15,16,17,18). The van der Waals surface area contributed by atoms with Gasteiger partial charge >= 0.3 is 0 Å². The van der Waals surface area contributed by atoms with E-state index in [0.29, 0.717) is 17.8 Å². The Morgan fingerprint density at radius 2 is 2.00 bits per heavy atom. The van der Waals surface area contributed by atoms with Crippen molar-refractivity contribution in [1.82, 2.24) is 24.7 Å². The third-order valence-electron chi connectivity index (χ3n) is 3.43. The summed E-state index contributed by atoms with van der Waals surface area (Å²) in [4.78, 5) is 13.1. The quantitative estimate of drug-likeness (QED) is 0.865. The largest absolute Gasteiger partial charge is 0.357 e. The first kappa shape index (κ1) is 11.9. The molecule has 1 aliphatic rings. The molecular weight excluding hydrogens is 242 g/mol. The van der Waals surface area contributed by atoms with Gasteiger partial charge in [0.15, 0.2) is 0 Å². The van der Waals surface area contributed by atoms with Gasteiger partial charge in [0.1, 0.15) is 0 Å². The summed E-state index contributed by atoms with van der Waals surface area (Å²) in [6.45, 7) is 2.19. The van der Waals surface area contributed by atoms with Crippen LogP contribution in [0.5, 0.6) is 0 Å². The average Bonchev–Trinajstić information content (AvgIpc) is 2.90. The van der Waals surface area contributed by atoms with Crippen LogP contribution in [0.3, 0.4) is 0 Å². The highest BCUT2D eigenvalue weighted by molar-refractivity contribution is 5.39. The van der Waals surface area contributed by atoms with E-state index >= 15 is 0 Å². The molecule has 3 rings (SSSR count). The minimum atomic E-state index is 0.105. The van der Waals surface area contributed by atoms with Crippen LogP contribution in [0.15, 0.2) is 18.5 Å². The van der Waals surface area contributed by atoms with Gasteiger partial charge < -0.3 is 10.6 Å². The van der Waals surface area contributed by atoms with E-state index in [9.17, 15) is 0 Å². The van der Waals surface area contributed by atoms with Crippen LogP contribution >= 0.6 is 0 Å². The fraction of sp³-hybridized carbons (Fsp3) is 0.500. The Morgan fingerprint density at radius 1 is 1.21 bits per heavy atom. The Balaban J connectivity index is 1.93. The summed E-state index contributed by atoms with van der Waals surface area (Å²) >= 11 is 0. The Labute approximate surface area is 111 Å². The number of anilines is 2. The maximum atomic E-state index is 4.42. The average molecular weight is 259 g/mol. The van der Waals surface area contributed by atoms with Gasteiger partial charge in [-0.25, -0.2) is 4.68 Å². The normalized spacial score (nSPS) is 16.7. The Kier molecular flexibility index (Phi) is 2.81. The lowest BCUT2D eigenvalue weighted by molar-refractivity contribution is 0.304. The first-order valence-corrected chi connectivity index (χ1v) is 6.41. The van der Waals surface area contributed by atoms with E-state index in [-0.39, 0.29) is 5.54 Å². The molecule has 2 N–H and O–H groups in total. The molecule has 0 aliphatic heterocycles. The summed E-state index contributed by atoms with van der Waals surface area (Å²) in [5.74, 6) is 1.63. The summed E-state index contributed by atoms with van der Waals surface area (Å²) in [6, 6.07) is 1.84. The van der Waals surface area contributed by atoms with E-state index in [0.717, 1.165) is 12.8 Å². The second-order valence-corrected chi connectivity index (χ2v) is 5.02. The van der Waals surface area contributed by atoms with Gasteiger partial charge in [-0.2, -0.15) is 20.1 Å². The molecule has 0 radical (unpaired) electrons. The fourth-order valence-corrected chi connectivity index (χ4v) is 2.12. The third kappa shape index (κ3) is 2.35. The zero-order chi connectivity index (χ0) is 13.3. The second-order valence-electron chi connectivity index (χ2n) is 5.02. The van der Waals surface area contributed by atoms with Crippen molar-refractivity contribution in [2.45, 2.75) is 31.7 Å². The van der Waals surface area contributed by atoms with Crippen molar-refractivity contribution in [3.8, 4) is 5.95 Å². The number of nitrogens with one attached hydrogen (secondary N) is 2. The first-order chi connectivity index (χ1) is 9.18. The minimum Gasteiger partial charge on any atom is -0.357 e. The van der Waals surface area contributed by atoms with Gasteiger partial charge in [-0.15, -0.1) is 0 Å². The summed E-state index contributed by atoms with van der Waals surface area (Å²) < 4.78 is 1.62. The van der Waals surface area contributed by atoms with Crippen molar-refractivity contribution in [2.24, 2.45) is 0 Å². The van der Waals surface area contributed by atoms with Crippen LogP contribution in [-0.2, 0) is 0 Å². The maximum Gasteiger partial charge on any atom is 0.257 e. The lowest BCUT2D eigenvalue weighted by Crippen LogP contribution is -2.42. The highest BCUT2D eigenvalue weighted by atomic mass is 15.4. The van der Waals surface area contributed by atoms with Crippen molar-refractivity contribution >= 4 is 11.9 Å². The molecule has 1 aliphatic carbocycles. The summed E-state index contributed by atoms with van der Waals surface area (Å²) in [5, 5.41) is 10.5. The lowest BCUT2D eigenvalue weighted by atomic mass is 9.79. The van der Waals surface area contributed by atoms with Gasteiger partial charge in [-0.1, -0.05) is 0 Å². The van der Waals surface area contributed by atoms with Crippen LogP contribution in [0.4, 0.5) is 11.9 Å². The molecule has 0 spiro atoms. The van der Waals surface area contributed by atoms with E-state index in [1.807, 2.05) is 12.3 Å². The van der Waals surface area contributed by atoms with Gasteiger partial charge in [-0.3, -0.25) is 0 Å². The second kappa shape index (κ2) is 4.49. The molecular formula is C12H17N7. The number of hydrogen-bond acceptors (Lipinski definition) is 6. The highest BCUT2D eigenvalue weighted by Gasteiger charge is 2.32. The van der Waals surface area contributed by atoms with Crippen molar-refractivity contribution in [3.63, 3.8) is 0 Å². The number of aromatic nitrogens is 5. The monoisotopic (exact) mass is 259 g/mol. The summed E-state index contributed by atoms with van der Waals surface area (Å²) in [5.41, 5.74) is 0.105. The van der Waals surface area contributed by atoms with Crippen LogP contribution in [0.2, 0.25) is 0 Å². The summed E-state index contributed by atoms with van der Waals surface area (Å²) in [6.07, 6.45) is 7.04. The van der Waals surface area contributed by atoms with Gasteiger partial charge in [0.2, 0.25) is 11.9 Å². The van der Waals surface area contributed by atoms with Gasteiger partial charge in [-0.05, 0) is 32.3 Å². The molecule has 7 heteroatoms. The molecule has 7 nitrogen and oxygen atoms in total. The molecule has 2 aromatic rings. The first-order valence-electron chi connectivity index (χ1n) is 6.41. The van der Waals surface area contributed by atoms with Crippen molar-refractivity contribution in [1.29, 1.82) is 0 Å². The number of rotatable bonds is 4. The fourth-order valence-electron chi connectivity index (χ4n) is 2.12. The summed E-state index contributed by atoms with van der Waals surface area (Å²) in [7, 11) is 1.79. The van der Waals surface area contributed by atoms with E-state index in [1.54, 1.807) is 17.9 Å². The highest BCUT2D eigenvalue weighted by Crippen LogP contribution is 2.33. The van der Waals surface area contributed by atoms with Crippen LogP contribution in [0.1, 0.15) is 26.2 Å². The van der Waals surface area contributed by atoms with E-state index in [4.69, 9.17) is 0 Å². The van der Waals surface area contributed by atoms with Gasteiger partial charge in [0.05, 0.1) is 0 Å². The topological polar surface area (TPSA) is 80.5 Å². The molecule has 1 fully saturated rings. The zero-order valence-electron chi connectivity index (χ0n) is 11.1. The Hall–Kier alpha value is -2.18. The molecule has 1 saturated carbocycles.